The zero-order chi connectivity index (χ0) is 29.2. The van der Waals surface area contributed by atoms with E-state index in [4.69, 9.17) is 10.2 Å². The Bertz CT molecular complexity index is 1530. The number of amides is 1. The fraction of sp³-hybridized carbons (Fsp3) is 0.469. The molecule has 216 valence electrons. The molecule has 0 radical (unpaired) electrons. The highest BCUT2D eigenvalue weighted by Crippen LogP contribution is 2.48. The lowest BCUT2D eigenvalue weighted by atomic mass is 9.85. The molecule has 0 bridgehead atoms. The summed E-state index contributed by atoms with van der Waals surface area (Å²) in [5, 5.41) is 12.7. The van der Waals surface area contributed by atoms with E-state index in [0.29, 0.717) is 21.5 Å². The third-order valence-corrected chi connectivity index (χ3v) is 10.9. The van der Waals surface area contributed by atoms with Gasteiger partial charge in [0, 0.05) is 18.0 Å². The maximum atomic E-state index is 12.9. The molecule has 1 fully saturated rings. The fourth-order valence-electron chi connectivity index (χ4n) is 6.12. The van der Waals surface area contributed by atoms with Crippen LogP contribution in [-0.2, 0) is 34.1 Å². The Kier molecular flexibility index (Phi) is 8.65. The van der Waals surface area contributed by atoms with Crippen LogP contribution in [0, 0.1) is 22.7 Å². The Morgan fingerprint density at radius 1 is 1.07 bits per heavy atom. The molecule has 1 aliphatic heterocycles. The average Bonchev–Trinajstić information content (AvgIpc) is 3.64. The molecule has 1 aliphatic carbocycles. The molecule has 9 heteroatoms. The van der Waals surface area contributed by atoms with Crippen LogP contribution in [0.1, 0.15) is 86.2 Å². The number of carbonyl (C=O) groups is 1. The van der Waals surface area contributed by atoms with E-state index in [9.17, 15) is 13.2 Å². The Balaban J connectivity index is 1.20. The van der Waals surface area contributed by atoms with Crippen LogP contribution in [0.5, 0.6) is 0 Å². The summed E-state index contributed by atoms with van der Waals surface area (Å²) in [4.78, 5) is 21.6. The first-order chi connectivity index (χ1) is 19.5. The van der Waals surface area contributed by atoms with Crippen LogP contribution in [0.15, 0.2) is 53.4 Å². The fourth-order valence-corrected chi connectivity index (χ4v) is 8.58. The number of nitriles is 1. The van der Waals surface area contributed by atoms with Crippen molar-refractivity contribution in [2.24, 2.45) is 11.3 Å². The Labute approximate surface area is 247 Å². The quantitative estimate of drug-likeness (QED) is 0.299. The van der Waals surface area contributed by atoms with Crippen molar-refractivity contribution in [2.45, 2.75) is 83.3 Å². The van der Waals surface area contributed by atoms with Gasteiger partial charge in [-0.05, 0) is 53.1 Å². The van der Waals surface area contributed by atoms with E-state index >= 15 is 0 Å². The SMILES string of the molecule is CC(C)(C)[C@@H]1c2nc(NC(=O)Cc3ccc(S(=O)(=O)CCC4CCCC4)cc3)sc2CN1Cc1ccc(C#N)cc1. The van der Waals surface area contributed by atoms with Crippen molar-refractivity contribution in [2.75, 3.05) is 11.1 Å². The van der Waals surface area contributed by atoms with Crippen LogP contribution in [0.25, 0.3) is 0 Å². The second-order valence-corrected chi connectivity index (χ2v) is 15.6. The highest BCUT2D eigenvalue weighted by Gasteiger charge is 2.41. The Morgan fingerprint density at radius 3 is 2.37 bits per heavy atom. The first-order valence-corrected chi connectivity index (χ1v) is 16.8. The summed E-state index contributed by atoms with van der Waals surface area (Å²) in [5.74, 6) is 0.549. The summed E-state index contributed by atoms with van der Waals surface area (Å²) in [6.07, 6.45) is 5.58. The van der Waals surface area contributed by atoms with Crippen LogP contribution in [0.2, 0.25) is 0 Å². The van der Waals surface area contributed by atoms with E-state index in [-0.39, 0.29) is 29.5 Å². The molecule has 3 aromatic rings. The first kappa shape index (κ1) is 29.4. The number of aromatic nitrogens is 1. The van der Waals surface area contributed by atoms with Gasteiger partial charge in [0.15, 0.2) is 15.0 Å². The van der Waals surface area contributed by atoms with Gasteiger partial charge in [-0.25, -0.2) is 13.4 Å². The lowest BCUT2D eigenvalue weighted by molar-refractivity contribution is -0.115. The summed E-state index contributed by atoms with van der Waals surface area (Å²) in [7, 11) is -3.31. The number of thiazole rings is 1. The largest absolute Gasteiger partial charge is 0.302 e. The molecule has 1 saturated carbocycles. The van der Waals surface area contributed by atoms with Crippen LogP contribution >= 0.6 is 11.3 Å². The van der Waals surface area contributed by atoms with E-state index in [2.05, 4.69) is 37.1 Å². The number of hydrogen-bond acceptors (Lipinski definition) is 7. The minimum atomic E-state index is -3.31. The lowest BCUT2D eigenvalue weighted by Gasteiger charge is -2.35. The molecule has 1 atom stereocenters. The van der Waals surface area contributed by atoms with Gasteiger partial charge in [0.1, 0.15) is 0 Å². The molecular weight excluding hydrogens is 553 g/mol. The van der Waals surface area contributed by atoms with Gasteiger partial charge in [-0.2, -0.15) is 5.26 Å². The topological polar surface area (TPSA) is 103 Å². The summed E-state index contributed by atoms with van der Waals surface area (Å²) < 4.78 is 25.6. The molecule has 0 unspecified atom stereocenters. The zero-order valence-electron chi connectivity index (χ0n) is 24.0. The van der Waals surface area contributed by atoms with Crippen LogP contribution in [-0.4, -0.2) is 30.0 Å². The van der Waals surface area contributed by atoms with Crippen molar-refractivity contribution >= 4 is 32.2 Å². The lowest BCUT2D eigenvalue weighted by Crippen LogP contribution is -2.32. The second kappa shape index (κ2) is 12.0. The van der Waals surface area contributed by atoms with Gasteiger partial charge in [-0.1, -0.05) is 70.7 Å². The van der Waals surface area contributed by atoms with E-state index < -0.39 is 9.84 Å². The van der Waals surface area contributed by atoms with Gasteiger partial charge in [0.2, 0.25) is 5.91 Å². The van der Waals surface area contributed by atoms with Gasteiger partial charge < -0.3 is 5.32 Å². The summed E-state index contributed by atoms with van der Waals surface area (Å²) >= 11 is 1.52. The predicted octanol–water partition coefficient (Wildman–Crippen LogP) is 6.65. The van der Waals surface area contributed by atoms with E-state index in [1.54, 1.807) is 24.3 Å². The summed E-state index contributed by atoms with van der Waals surface area (Å²) in [6, 6.07) is 16.7. The summed E-state index contributed by atoms with van der Waals surface area (Å²) in [6.45, 7) is 8.12. The normalized spacial score (nSPS) is 17.9. The molecule has 7 nitrogen and oxygen atoms in total. The van der Waals surface area contributed by atoms with Gasteiger partial charge in [0.25, 0.3) is 0 Å². The molecule has 41 heavy (non-hydrogen) atoms. The first-order valence-electron chi connectivity index (χ1n) is 14.4. The number of rotatable bonds is 9. The van der Waals surface area contributed by atoms with Crippen molar-refractivity contribution < 1.29 is 13.2 Å². The number of hydrogen-bond donors (Lipinski definition) is 1. The third-order valence-electron chi connectivity index (χ3n) is 8.15. The van der Waals surface area contributed by atoms with E-state index in [1.807, 2.05) is 24.3 Å². The molecular formula is C32H38N4O3S2. The Morgan fingerprint density at radius 2 is 1.73 bits per heavy atom. The number of anilines is 1. The maximum absolute atomic E-state index is 12.9. The number of fused-ring (bicyclic) bond motifs is 1. The Hall–Kier alpha value is -3.06. The molecule has 0 spiro atoms. The van der Waals surface area contributed by atoms with Crippen LogP contribution < -0.4 is 5.32 Å². The van der Waals surface area contributed by atoms with Crippen molar-refractivity contribution in [3.63, 3.8) is 0 Å². The minimum Gasteiger partial charge on any atom is -0.302 e. The predicted molar refractivity (Wildman–Crippen MR) is 162 cm³/mol. The molecule has 2 heterocycles. The molecule has 0 saturated heterocycles. The van der Waals surface area contributed by atoms with Crippen molar-refractivity contribution in [3.8, 4) is 6.07 Å². The van der Waals surface area contributed by atoms with Crippen molar-refractivity contribution in [1.82, 2.24) is 9.88 Å². The molecule has 1 aromatic heterocycles. The van der Waals surface area contributed by atoms with Gasteiger partial charge in [-0.15, -0.1) is 11.3 Å². The zero-order valence-corrected chi connectivity index (χ0v) is 25.7. The van der Waals surface area contributed by atoms with Crippen molar-refractivity contribution in [3.05, 3.63) is 75.8 Å². The third kappa shape index (κ3) is 7.06. The van der Waals surface area contributed by atoms with E-state index in [0.717, 1.165) is 54.0 Å². The molecule has 2 aromatic carbocycles. The summed E-state index contributed by atoms with van der Waals surface area (Å²) in [5.41, 5.74) is 3.52. The number of nitrogens with zero attached hydrogens (tertiary/aromatic N) is 3. The van der Waals surface area contributed by atoms with Crippen molar-refractivity contribution in [1.29, 1.82) is 5.26 Å². The smallest absolute Gasteiger partial charge is 0.230 e. The number of sulfone groups is 1. The van der Waals surface area contributed by atoms with E-state index in [1.165, 1.54) is 24.2 Å². The standard InChI is InChI=1S/C32H38N4O3S2/c1-32(2,3)30-29-27(21-36(30)20-25-10-8-24(19-33)9-11-25)40-31(35-29)34-28(37)18-23-12-14-26(15-13-23)41(38,39)17-16-22-6-4-5-7-22/h8-15,22,30H,4-7,16-18,20-21H2,1-3H3,(H,34,35,37)/t30-/m0/s1. The van der Waals surface area contributed by atoms with Crippen LogP contribution in [0.3, 0.4) is 0 Å². The molecule has 1 amide bonds. The maximum Gasteiger partial charge on any atom is 0.230 e. The highest BCUT2D eigenvalue weighted by molar-refractivity contribution is 7.91. The average molecular weight is 591 g/mol. The van der Waals surface area contributed by atoms with Crippen LogP contribution in [0.4, 0.5) is 5.13 Å². The van der Waals surface area contributed by atoms with Gasteiger partial charge in [0.05, 0.1) is 40.4 Å². The monoisotopic (exact) mass is 590 g/mol. The number of nitrogens with one attached hydrogen (secondary N) is 1. The highest BCUT2D eigenvalue weighted by atomic mass is 32.2. The number of benzene rings is 2. The minimum absolute atomic E-state index is 0.0631. The molecule has 5 rings (SSSR count). The molecule has 1 N–H and O–H groups in total. The second-order valence-electron chi connectivity index (χ2n) is 12.4. The van der Waals surface area contributed by atoms with Gasteiger partial charge >= 0.3 is 0 Å². The molecule has 2 aliphatic rings. The van der Waals surface area contributed by atoms with Gasteiger partial charge in [-0.3, -0.25) is 9.69 Å². The number of carbonyl (C=O) groups excluding carboxylic acids is 1.